The Balaban J connectivity index is 1.35. The molecule has 2 aliphatic carbocycles. The van der Waals surface area contributed by atoms with Crippen LogP contribution >= 0.6 is 11.8 Å². The molecule has 1 saturated carbocycles. The number of nitrogens with zero attached hydrogens (tertiary/aromatic N) is 1. The van der Waals surface area contributed by atoms with Gasteiger partial charge in [-0.2, -0.15) is 24.9 Å². The summed E-state index contributed by atoms with van der Waals surface area (Å²) in [5, 5.41) is 1.69. The van der Waals surface area contributed by atoms with Crippen molar-refractivity contribution in [2.24, 2.45) is 10.8 Å². The first-order valence-corrected chi connectivity index (χ1v) is 20.7. The van der Waals surface area contributed by atoms with Gasteiger partial charge in [0, 0.05) is 57.8 Å². The molecule has 0 bridgehead atoms. The molecule has 2 heterocycles. The van der Waals surface area contributed by atoms with Gasteiger partial charge < -0.3 is 19.1 Å². The molecule has 0 amide bonds. The van der Waals surface area contributed by atoms with Crippen molar-refractivity contribution in [3.8, 4) is 28.4 Å². The van der Waals surface area contributed by atoms with Crippen molar-refractivity contribution in [3.63, 3.8) is 0 Å². The molecule has 4 aliphatic rings. The quantitative estimate of drug-likeness (QED) is 0.177. The lowest BCUT2D eigenvalue weighted by Crippen LogP contribution is -2.44. The van der Waals surface area contributed by atoms with Crippen LogP contribution in [-0.4, -0.2) is 38.8 Å². The molecule has 1 saturated heterocycles. The highest BCUT2D eigenvalue weighted by atomic mass is 32.2. The number of anilines is 1. The summed E-state index contributed by atoms with van der Waals surface area (Å²) in [5.74, 6) is 4.01. The highest BCUT2D eigenvalue weighted by molar-refractivity contribution is 7.99. The third-order valence-corrected chi connectivity index (χ3v) is 13.5. The van der Waals surface area contributed by atoms with Gasteiger partial charge in [0.05, 0.1) is 19.8 Å². The van der Waals surface area contributed by atoms with E-state index in [1.165, 1.54) is 17.8 Å². The van der Waals surface area contributed by atoms with Gasteiger partial charge in [-0.25, -0.2) is 0 Å². The molecule has 2 aliphatic heterocycles. The number of hydrogen-bond donors (Lipinski definition) is 0. The van der Waals surface area contributed by atoms with E-state index < -0.39 is 22.8 Å². The Morgan fingerprint density at radius 3 is 1.98 bits per heavy atom. The maximum absolute atomic E-state index is 14.6. The van der Waals surface area contributed by atoms with Gasteiger partial charge in [0.15, 0.2) is 17.1 Å². The molecule has 5 aromatic carbocycles. The van der Waals surface area contributed by atoms with Crippen molar-refractivity contribution in [3.05, 3.63) is 124 Å². The SMILES string of the molecule is COc1cc2c3c(c4c(c2cc1OC)-c1ccc(C(F)(F)F)cc1C41CC(C)(C)CC(C)(C)C1)C=CC(c1ccccc1)(c1ccc(N2CCSCC2)cc1)O3. The third-order valence-electron chi connectivity index (χ3n) is 12.6. The summed E-state index contributed by atoms with van der Waals surface area (Å²) < 4.78 is 63.3. The van der Waals surface area contributed by atoms with E-state index in [1.807, 2.05) is 42.1 Å². The first-order chi connectivity index (χ1) is 26.7. The fourth-order valence-electron chi connectivity index (χ4n) is 11.1. The molecule has 1 spiro atoms. The summed E-state index contributed by atoms with van der Waals surface area (Å²) >= 11 is 1.99. The second kappa shape index (κ2) is 13.0. The number of fused-ring (bicyclic) bond motifs is 10. The zero-order valence-corrected chi connectivity index (χ0v) is 33.7. The molecule has 0 radical (unpaired) electrons. The largest absolute Gasteiger partial charge is 0.493 e. The standard InChI is InChI=1S/C48H48F3NO3S/c1-44(2)27-45(3,4)29-46(28-44)38-24-32(48(49,50)51)14-17-34(38)41-36-25-39(53-5)40(54-6)26-37(36)43-35(42(41)46)18-19-47(55-43,30-10-8-7-9-11-30)31-12-15-33(16-13-31)52-20-22-56-23-21-52/h7-19,24-26H,20-23,27-29H2,1-6H3. The van der Waals surface area contributed by atoms with E-state index in [9.17, 15) is 13.2 Å². The van der Waals surface area contributed by atoms with Crippen LogP contribution in [0.25, 0.3) is 28.0 Å². The topological polar surface area (TPSA) is 30.9 Å². The summed E-state index contributed by atoms with van der Waals surface area (Å²) in [6.45, 7) is 11.1. The molecule has 9 rings (SSSR count). The van der Waals surface area contributed by atoms with Gasteiger partial charge in [0.1, 0.15) is 5.75 Å². The van der Waals surface area contributed by atoms with Gasteiger partial charge in [0.25, 0.3) is 0 Å². The molecular formula is C48H48F3NO3S. The molecule has 0 aromatic heterocycles. The van der Waals surface area contributed by atoms with Gasteiger partial charge in [-0.3, -0.25) is 0 Å². The lowest BCUT2D eigenvalue weighted by atomic mass is 9.52. The van der Waals surface area contributed by atoms with Crippen LogP contribution in [0.2, 0.25) is 0 Å². The Kier molecular flexibility index (Phi) is 8.59. The van der Waals surface area contributed by atoms with Crippen LogP contribution in [0.1, 0.15) is 80.3 Å². The summed E-state index contributed by atoms with van der Waals surface area (Å²) in [7, 11) is 3.24. The van der Waals surface area contributed by atoms with Crippen molar-refractivity contribution in [2.75, 3.05) is 43.7 Å². The van der Waals surface area contributed by atoms with Crippen LogP contribution in [0, 0.1) is 10.8 Å². The lowest BCUT2D eigenvalue weighted by molar-refractivity contribution is -0.137. The molecule has 2 fully saturated rings. The number of halogens is 3. The Morgan fingerprint density at radius 2 is 1.36 bits per heavy atom. The Morgan fingerprint density at radius 1 is 0.732 bits per heavy atom. The van der Waals surface area contributed by atoms with Crippen molar-refractivity contribution in [2.45, 2.75) is 64.1 Å². The van der Waals surface area contributed by atoms with Crippen molar-refractivity contribution < 1.29 is 27.4 Å². The number of hydrogen-bond acceptors (Lipinski definition) is 5. The fourth-order valence-corrected chi connectivity index (χ4v) is 12.0. The van der Waals surface area contributed by atoms with E-state index >= 15 is 0 Å². The van der Waals surface area contributed by atoms with Crippen molar-refractivity contribution >= 4 is 34.3 Å². The highest BCUT2D eigenvalue weighted by Crippen LogP contribution is 2.67. The minimum absolute atomic E-state index is 0.157. The van der Waals surface area contributed by atoms with E-state index in [4.69, 9.17) is 14.2 Å². The smallest absolute Gasteiger partial charge is 0.416 e. The molecule has 0 N–H and O–H groups in total. The number of methoxy groups -OCH3 is 2. The molecule has 8 heteroatoms. The van der Waals surface area contributed by atoms with E-state index in [2.05, 4.69) is 81.1 Å². The van der Waals surface area contributed by atoms with E-state index in [1.54, 1.807) is 20.3 Å². The van der Waals surface area contributed by atoms with Gasteiger partial charge in [-0.15, -0.1) is 0 Å². The molecule has 1 atom stereocenters. The Bertz CT molecular complexity index is 2360. The summed E-state index contributed by atoms with van der Waals surface area (Å²) in [5.41, 5.74) is 4.99. The van der Waals surface area contributed by atoms with Gasteiger partial charge in [-0.05, 0) is 100 Å². The average Bonchev–Trinajstić information content (AvgIpc) is 3.44. The second-order valence-electron chi connectivity index (χ2n) is 17.6. The first-order valence-electron chi connectivity index (χ1n) is 19.5. The monoisotopic (exact) mass is 775 g/mol. The first kappa shape index (κ1) is 37.0. The molecular weight excluding hydrogens is 728 g/mol. The second-order valence-corrected chi connectivity index (χ2v) is 18.9. The number of ether oxygens (including phenoxy) is 3. The summed E-state index contributed by atoms with van der Waals surface area (Å²) in [6.07, 6.45) is 2.24. The van der Waals surface area contributed by atoms with Crippen LogP contribution in [0.15, 0.2) is 91.0 Å². The molecule has 290 valence electrons. The molecule has 4 nitrogen and oxygen atoms in total. The minimum Gasteiger partial charge on any atom is -0.493 e. The van der Waals surface area contributed by atoms with Gasteiger partial charge >= 0.3 is 6.18 Å². The van der Waals surface area contributed by atoms with Crippen LogP contribution in [0.5, 0.6) is 17.2 Å². The predicted octanol–water partition coefficient (Wildman–Crippen LogP) is 12.3. The minimum atomic E-state index is -4.48. The third kappa shape index (κ3) is 5.80. The highest BCUT2D eigenvalue weighted by Gasteiger charge is 2.56. The van der Waals surface area contributed by atoms with Crippen molar-refractivity contribution in [1.82, 2.24) is 0 Å². The van der Waals surface area contributed by atoms with E-state index in [0.29, 0.717) is 30.1 Å². The van der Waals surface area contributed by atoms with Crippen LogP contribution in [-0.2, 0) is 17.2 Å². The lowest BCUT2D eigenvalue weighted by Gasteiger charge is -2.52. The Hall–Kier alpha value is -4.56. The van der Waals surface area contributed by atoms with Gasteiger partial charge in [0.2, 0.25) is 0 Å². The Labute approximate surface area is 332 Å². The molecule has 5 aromatic rings. The van der Waals surface area contributed by atoms with E-state index in [0.717, 1.165) is 80.7 Å². The molecule has 56 heavy (non-hydrogen) atoms. The molecule has 1 unspecified atom stereocenters. The van der Waals surface area contributed by atoms with Crippen molar-refractivity contribution in [1.29, 1.82) is 0 Å². The number of benzene rings is 5. The predicted molar refractivity (Wildman–Crippen MR) is 223 cm³/mol. The number of thioether (sulfide) groups is 1. The average molecular weight is 776 g/mol. The summed E-state index contributed by atoms with van der Waals surface area (Å²) in [4.78, 5) is 2.44. The summed E-state index contributed by atoms with van der Waals surface area (Å²) in [6, 6.07) is 27.4. The zero-order chi connectivity index (χ0) is 39.3. The fraction of sp³-hybridized carbons (Fsp3) is 0.375. The van der Waals surface area contributed by atoms with Crippen LogP contribution in [0.4, 0.5) is 18.9 Å². The number of alkyl halides is 3. The number of rotatable bonds is 5. The normalized spacial score (nSPS) is 21.6. The van der Waals surface area contributed by atoms with Gasteiger partial charge in [-0.1, -0.05) is 82.3 Å². The van der Waals surface area contributed by atoms with Crippen LogP contribution < -0.4 is 19.1 Å². The maximum atomic E-state index is 14.6. The zero-order valence-electron chi connectivity index (χ0n) is 32.9. The van der Waals surface area contributed by atoms with Crippen LogP contribution in [0.3, 0.4) is 0 Å². The van der Waals surface area contributed by atoms with E-state index in [-0.39, 0.29) is 10.8 Å². The maximum Gasteiger partial charge on any atom is 0.416 e.